The first kappa shape index (κ1) is 39.1. The molecule has 0 aliphatic rings. The van der Waals surface area contributed by atoms with Gasteiger partial charge in [-0.25, -0.2) is 0 Å². The number of unbranched alkanes of at least 4 members (excludes halogenated alkanes) is 16. The number of hydrogen-bond donors (Lipinski definition) is 1. The van der Waals surface area contributed by atoms with Crippen molar-refractivity contribution in [3.05, 3.63) is 36.5 Å². The van der Waals surface area contributed by atoms with Crippen molar-refractivity contribution in [3.8, 4) is 0 Å². The summed E-state index contributed by atoms with van der Waals surface area (Å²) in [5, 5.41) is 9.50. The maximum atomic E-state index is 12.1. The number of ether oxygens (including phenoxy) is 2. The summed E-state index contributed by atoms with van der Waals surface area (Å²) in [6.45, 7) is 4.04. The first-order chi connectivity index (χ1) is 20.1. The molecule has 0 aromatic carbocycles. The molecule has 41 heavy (non-hydrogen) atoms. The molecule has 5 nitrogen and oxygen atoms in total. The Morgan fingerprint density at radius 3 is 1.54 bits per heavy atom. The summed E-state index contributed by atoms with van der Waals surface area (Å²) in [7, 11) is 0. The van der Waals surface area contributed by atoms with E-state index in [0.29, 0.717) is 12.8 Å². The Labute approximate surface area is 253 Å². The predicted octanol–water partition coefficient (Wildman–Crippen LogP) is 10.1. The third-order valence-electron chi connectivity index (χ3n) is 7.16. The zero-order chi connectivity index (χ0) is 30.1. The van der Waals surface area contributed by atoms with Crippen molar-refractivity contribution in [2.24, 2.45) is 0 Å². The van der Waals surface area contributed by atoms with E-state index in [-0.39, 0.29) is 25.2 Å². The minimum atomic E-state index is -0.778. The van der Waals surface area contributed by atoms with Crippen molar-refractivity contribution < 1.29 is 24.2 Å². The van der Waals surface area contributed by atoms with Crippen LogP contribution in [0.1, 0.15) is 162 Å². The summed E-state index contributed by atoms with van der Waals surface area (Å²) < 4.78 is 10.5. The van der Waals surface area contributed by atoms with Crippen LogP contribution in [0.25, 0.3) is 0 Å². The molecule has 0 amide bonds. The molecule has 5 heteroatoms. The summed E-state index contributed by atoms with van der Waals surface area (Å²) >= 11 is 0. The van der Waals surface area contributed by atoms with Crippen LogP contribution < -0.4 is 0 Å². The monoisotopic (exact) mass is 576 g/mol. The first-order valence-electron chi connectivity index (χ1n) is 17.0. The topological polar surface area (TPSA) is 72.8 Å². The zero-order valence-electron chi connectivity index (χ0n) is 26.8. The molecule has 0 aromatic heterocycles. The lowest BCUT2D eigenvalue weighted by atomic mass is 10.1. The van der Waals surface area contributed by atoms with Crippen molar-refractivity contribution >= 4 is 11.9 Å². The maximum absolute atomic E-state index is 12.1. The van der Waals surface area contributed by atoms with Gasteiger partial charge in [0, 0.05) is 12.8 Å². The van der Waals surface area contributed by atoms with Crippen LogP contribution in [0.4, 0.5) is 0 Å². The van der Waals surface area contributed by atoms with Gasteiger partial charge in [0.15, 0.2) is 6.10 Å². The molecule has 0 saturated carbocycles. The molecule has 0 aliphatic carbocycles. The molecule has 0 spiro atoms. The van der Waals surface area contributed by atoms with E-state index in [1.54, 1.807) is 0 Å². The number of carbonyl (C=O) groups is 2. The van der Waals surface area contributed by atoms with Gasteiger partial charge in [-0.2, -0.15) is 0 Å². The summed E-state index contributed by atoms with van der Waals surface area (Å²) in [5.41, 5.74) is 0. The molecule has 0 rings (SSSR count). The fourth-order valence-corrected chi connectivity index (χ4v) is 4.50. The second-order valence-electron chi connectivity index (χ2n) is 11.2. The average molecular weight is 577 g/mol. The number of allylic oxidation sites excluding steroid dienone is 6. The number of aliphatic hydroxyl groups is 1. The van der Waals surface area contributed by atoms with E-state index in [2.05, 4.69) is 50.3 Å². The highest BCUT2D eigenvalue weighted by Gasteiger charge is 2.16. The van der Waals surface area contributed by atoms with Gasteiger partial charge in [0.25, 0.3) is 0 Å². The molecule has 1 N–H and O–H groups in total. The molecule has 238 valence electrons. The highest BCUT2D eigenvalue weighted by molar-refractivity contribution is 5.70. The highest BCUT2D eigenvalue weighted by Crippen LogP contribution is 2.11. The van der Waals surface area contributed by atoms with E-state index >= 15 is 0 Å². The molecule has 0 bridgehead atoms. The Morgan fingerprint density at radius 1 is 0.561 bits per heavy atom. The molecule has 0 aliphatic heterocycles. The molecule has 0 aromatic rings. The van der Waals surface area contributed by atoms with Gasteiger partial charge in [-0.05, 0) is 64.2 Å². The fourth-order valence-electron chi connectivity index (χ4n) is 4.50. The molecule has 0 saturated heterocycles. The largest absolute Gasteiger partial charge is 0.462 e. The van der Waals surface area contributed by atoms with Gasteiger partial charge in [-0.15, -0.1) is 0 Å². The average Bonchev–Trinajstić information content (AvgIpc) is 2.97. The summed E-state index contributed by atoms with van der Waals surface area (Å²) in [6, 6.07) is 0. The van der Waals surface area contributed by atoms with E-state index in [0.717, 1.165) is 64.2 Å². The summed E-state index contributed by atoms with van der Waals surface area (Å²) in [4.78, 5) is 24.1. The Morgan fingerprint density at radius 2 is 1.00 bits per heavy atom. The number of hydrogen-bond acceptors (Lipinski definition) is 5. The van der Waals surface area contributed by atoms with Gasteiger partial charge in [0.05, 0.1) is 6.61 Å². The molecular formula is C36H64O5. The highest BCUT2D eigenvalue weighted by atomic mass is 16.6. The summed E-state index contributed by atoms with van der Waals surface area (Å²) in [5.74, 6) is -0.620. The van der Waals surface area contributed by atoms with Gasteiger partial charge < -0.3 is 14.6 Å². The molecule has 0 unspecified atom stereocenters. The number of aliphatic hydroxyl groups excluding tert-OH is 1. The molecule has 1 atom stereocenters. The van der Waals surface area contributed by atoms with Crippen molar-refractivity contribution in [2.45, 2.75) is 168 Å². The summed E-state index contributed by atoms with van der Waals surface area (Å²) in [6.07, 6.45) is 37.6. The van der Waals surface area contributed by atoms with Crippen LogP contribution in [0.3, 0.4) is 0 Å². The minimum absolute atomic E-state index is 0.0755. The Bertz CT molecular complexity index is 667. The van der Waals surface area contributed by atoms with E-state index in [1.165, 1.54) is 70.6 Å². The van der Waals surface area contributed by atoms with Gasteiger partial charge in [0.1, 0.15) is 6.61 Å². The number of rotatable bonds is 30. The minimum Gasteiger partial charge on any atom is -0.462 e. The Balaban J connectivity index is 3.63. The van der Waals surface area contributed by atoms with Crippen LogP contribution in [0.15, 0.2) is 36.5 Å². The smallest absolute Gasteiger partial charge is 0.306 e. The van der Waals surface area contributed by atoms with Crippen LogP contribution in [-0.4, -0.2) is 36.4 Å². The van der Waals surface area contributed by atoms with E-state index in [9.17, 15) is 14.7 Å². The molecular weight excluding hydrogens is 512 g/mol. The van der Waals surface area contributed by atoms with Crippen molar-refractivity contribution in [2.75, 3.05) is 13.2 Å². The lowest BCUT2D eigenvalue weighted by Gasteiger charge is -2.15. The fraction of sp³-hybridized carbons (Fsp3) is 0.778. The lowest BCUT2D eigenvalue weighted by Crippen LogP contribution is -2.28. The number of carbonyl (C=O) groups excluding carboxylic acids is 2. The maximum Gasteiger partial charge on any atom is 0.306 e. The van der Waals surface area contributed by atoms with Crippen LogP contribution in [0.5, 0.6) is 0 Å². The molecule has 0 radical (unpaired) electrons. The van der Waals surface area contributed by atoms with E-state index in [4.69, 9.17) is 9.47 Å². The normalized spacial score (nSPS) is 12.6. The van der Waals surface area contributed by atoms with Gasteiger partial charge >= 0.3 is 11.9 Å². The second kappa shape index (κ2) is 32.6. The van der Waals surface area contributed by atoms with E-state index in [1.807, 2.05) is 0 Å². The lowest BCUT2D eigenvalue weighted by molar-refractivity contribution is -0.161. The quantitative estimate of drug-likeness (QED) is 0.0523. The first-order valence-corrected chi connectivity index (χ1v) is 17.0. The van der Waals surface area contributed by atoms with Gasteiger partial charge in [-0.3, -0.25) is 9.59 Å². The van der Waals surface area contributed by atoms with Crippen molar-refractivity contribution in [1.82, 2.24) is 0 Å². The van der Waals surface area contributed by atoms with Crippen molar-refractivity contribution in [1.29, 1.82) is 0 Å². The molecule has 0 heterocycles. The third kappa shape index (κ3) is 30.9. The van der Waals surface area contributed by atoms with Crippen LogP contribution in [0, 0.1) is 0 Å². The van der Waals surface area contributed by atoms with Gasteiger partial charge in [0.2, 0.25) is 0 Å². The third-order valence-corrected chi connectivity index (χ3v) is 7.16. The molecule has 0 fully saturated rings. The van der Waals surface area contributed by atoms with Gasteiger partial charge in [-0.1, -0.05) is 121 Å². The van der Waals surface area contributed by atoms with Crippen LogP contribution in [0.2, 0.25) is 0 Å². The Kier molecular flexibility index (Phi) is 31.1. The van der Waals surface area contributed by atoms with E-state index < -0.39 is 6.10 Å². The predicted molar refractivity (Wildman–Crippen MR) is 173 cm³/mol. The number of esters is 2. The van der Waals surface area contributed by atoms with Crippen LogP contribution >= 0.6 is 0 Å². The van der Waals surface area contributed by atoms with Crippen LogP contribution in [-0.2, 0) is 19.1 Å². The Hall–Kier alpha value is -1.88. The van der Waals surface area contributed by atoms with Crippen molar-refractivity contribution in [3.63, 3.8) is 0 Å². The SMILES string of the molecule is CCCC/C=C/C/C=C/CCCCCCCC(=O)O[C@@H](CO)COC(=O)CCCCCCC/C=C/CCCCCC. The standard InChI is InChI=1S/C36H64O5/c1-3-5-7-9-11-13-15-17-19-21-23-25-27-29-31-36(39)41-34(32-37)33-40-35(38)30-28-26-24-22-20-18-16-14-12-10-8-6-4-2/h9,11,14-17,34,37H,3-8,10,12-13,18-33H2,1-2H3/b11-9+,16-14+,17-15+/t34-/m0/s1. The second-order valence-corrected chi connectivity index (χ2v) is 11.2. The zero-order valence-corrected chi connectivity index (χ0v) is 26.8.